The molecule has 0 unspecified atom stereocenters. The van der Waals surface area contributed by atoms with E-state index in [1.54, 1.807) is 0 Å². The molecule has 42 heavy (non-hydrogen) atoms. The lowest BCUT2D eigenvalue weighted by atomic mass is 9.97. The Morgan fingerprint density at radius 2 is 1.10 bits per heavy atom. The van der Waals surface area contributed by atoms with E-state index in [4.69, 9.17) is 8.83 Å². The molecule has 0 radical (unpaired) electrons. The monoisotopic (exact) mass is 540 g/mol. The number of fused-ring (bicyclic) bond motifs is 9. The largest absolute Gasteiger partial charge is 0.451 e. The van der Waals surface area contributed by atoms with Crippen molar-refractivity contribution in [1.29, 1.82) is 0 Å². The molecule has 1 aliphatic carbocycles. The molecular weight excluding hydrogens is 514 g/mol. The Labute approximate surface area is 240 Å². The second kappa shape index (κ2) is 8.55. The molecule has 0 amide bonds. The summed E-state index contributed by atoms with van der Waals surface area (Å²) in [7, 11) is 2.08. The van der Waals surface area contributed by atoms with Crippen molar-refractivity contribution < 1.29 is 13.4 Å². The predicted octanol–water partition coefficient (Wildman–Crippen LogP) is 8.59. The molecule has 8 aromatic rings. The molecular formula is C39H26NO2+. The van der Waals surface area contributed by atoms with Crippen LogP contribution >= 0.6 is 0 Å². The maximum Gasteiger partial charge on any atom is 0.256 e. The average Bonchev–Trinajstić information content (AvgIpc) is 3.57. The fourth-order valence-electron chi connectivity index (χ4n) is 6.93. The number of nitrogens with zero attached hydrogens (tertiary/aromatic N) is 1. The first-order valence-corrected chi connectivity index (χ1v) is 14.3. The molecule has 0 spiro atoms. The van der Waals surface area contributed by atoms with Crippen LogP contribution in [0.1, 0.15) is 5.56 Å². The third kappa shape index (κ3) is 3.08. The van der Waals surface area contributed by atoms with Crippen molar-refractivity contribution in [3.05, 3.63) is 169 Å². The minimum atomic E-state index is 0.783. The van der Waals surface area contributed by atoms with Gasteiger partial charge in [0.1, 0.15) is 12.5 Å². The van der Waals surface area contributed by atoms with Crippen molar-refractivity contribution in [3.8, 4) is 11.3 Å². The van der Waals surface area contributed by atoms with Crippen LogP contribution < -0.4 is 4.57 Å². The van der Waals surface area contributed by atoms with Gasteiger partial charge >= 0.3 is 0 Å². The third-order valence-corrected chi connectivity index (χ3v) is 8.92. The highest BCUT2D eigenvalue weighted by molar-refractivity contribution is 6.06. The van der Waals surface area contributed by atoms with Gasteiger partial charge in [0, 0.05) is 11.3 Å². The van der Waals surface area contributed by atoms with Crippen LogP contribution in [0.3, 0.4) is 0 Å². The maximum absolute atomic E-state index is 6.97. The van der Waals surface area contributed by atoms with Crippen molar-refractivity contribution in [2.75, 3.05) is 0 Å². The van der Waals surface area contributed by atoms with Crippen molar-refractivity contribution in [2.24, 2.45) is 7.05 Å². The van der Waals surface area contributed by atoms with Crippen LogP contribution in [0.4, 0.5) is 0 Å². The summed E-state index contributed by atoms with van der Waals surface area (Å²) in [5.41, 5.74) is 6.68. The quantitative estimate of drug-likeness (QED) is 0.195. The number of furan rings is 2. The summed E-state index contributed by atoms with van der Waals surface area (Å²) in [4.78, 5) is 0. The molecule has 3 nitrogen and oxygen atoms in total. The molecule has 0 atom stereocenters. The maximum atomic E-state index is 6.97. The predicted molar refractivity (Wildman–Crippen MR) is 165 cm³/mol. The van der Waals surface area contributed by atoms with Crippen LogP contribution in [-0.2, 0) is 7.05 Å². The Bertz CT molecular complexity index is 2830. The fraction of sp³-hybridized carbons (Fsp3) is 0.0513. The van der Waals surface area contributed by atoms with Gasteiger partial charge in [-0.3, -0.25) is 0 Å². The third-order valence-electron chi connectivity index (χ3n) is 8.92. The first kappa shape index (κ1) is 23.3. The molecule has 0 saturated carbocycles. The highest BCUT2D eigenvalue weighted by Crippen LogP contribution is 2.38. The van der Waals surface area contributed by atoms with Gasteiger partial charge < -0.3 is 8.83 Å². The molecule has 0 saturated heterocycles. The highest BCUT2D eigenvalue weighted by atomic mass is 16.4. The van der Waals surface area contributed by atoms with Crippen LogP contribution in [0.25, 0.3) is 44.2 Å². The van der Waals surface area contributed by atoms with E-state index in [-0.39, 0.29) is 0 Å². The van der Waals surface area contributed by atoms with Gasteiger partial charge in [0.2, 0.25) is 5.58 Å². The van der Waals surface area contributed by atoms with Crippen molar-refractivity contribution in [2.45, 2.75) is 6.92 Å². The summed E-state index contributed by atoms with van der Waals surface area (Å²) in [6.45, 7) is 2.20. The van der Waals surface area contributed by atoms with E-state index < -0.39 is 0 Å². The van der Waals surface area contributed by atoms with E-state index >= 15 is 0 Å². The summed E-state index contributed by atoms with van der Waals surface area (Å²) in [5.74, 6) is 0. The molecule has 0 bridgehead atoms. The molecule has 3 aromatic heterocycles. The summed E-state index contributed by atoms with van der Waals surface area (Å²) in [5, 5.41) is 11.4. The first-order chi connectivity index (χ1) is 20.7. The minimum absolute atomic E-state index is 0.783. The van der Waals surface area contributed by atoms with Gasteiger partial charge in [-0.05, 0) is 55.4 Å². The van der Waals surface area contributed by atoms with Crippen molar-refractivity contribution >= 4 is 32.9 Å². The first-order valence-electron chi connectivity index (χ1n) is 14.3. The van der Waals surface area contributed by atoms with Crippen LogP contribution in [0, 0.1) is 48.9 Å². The fourth-order valence-corrected chi connectivity index (χ4v) is 6.93. The smallest absolute Gasteiger partial charge is 0.256 e. The van der Waals surface area contributed by atoms with E-state index in [1.165, 1.54) is 32.0 Å². The lowest BCUT2D eigenvalue weighted by molar-refractivity contribution is -0.659. The number of rotatable bonds is 1. The Hall–Kier alpha value is -5.41. The van der Waals surface area contributed by atoms with Gasteiger partial charge in [0.25, 0.3) is 5.69 Å². The van der Waals surface area contributed by atoms with Crippen LogP contribution in [-0.4, -0.2) is 0 Å². The van der Waals surface area contributed by atoms with E-state index in [1.807, 2.05) is 0 Å². The number of hydrogen-bond donors (Lipinski definition) is 0. The molecule has 3 heterocycles. The van der Waals surface area contributed by atoms with Gasteiger partial charge in [-0.2, -0.15) is 4.57 Å². The Morgan fingerprint density at radius 1 is 0.500 bits per heavy atom. The molecule has 0 aliphatic heterocycles. The summed E-state index contributed by atoms with van der Waals surface area (Å²) < 4.78 is 16.0. The standard InChI is InChI=1S/C39H26NO2/c1-23-25-12-4-3-11-24(25)19-20-26(23)35-37-33(21-22-40(35)2)38-39(42-37)34-31-17-9-7-15-29(31)27-13-5-6-14-28(27)30-16-8-10-18-32(30)36(34)41-38/h3-22H,1-2H3/q+1. The van der Waals surface area contributed by atoms with E-state index in [0.717, 1.165) is 59.7 Å². The number of hydrogen-bond acceptors (Lipinski definition) is 2. The normalized spacial score (nSPS) is 12.0. The molecule has 1 aliphatic rings. The SMILES string of the molecule is Cc1c(-c2c3oc4c5c(oc4c3cc[n+]2C)=c2ccccc2=c2ccccc2=c2ccccc2=5)ccc2ccccc12. The second-order valence-electron chi connectivity index (χ2n) is 11.2. The number of aryl methyl sites for hydroxylation is 2. The lowest BCUT2D eigenvalue weighted by Crippen LogP contribution is -2.30. The zero-order chi connectivity index (χ0) is 27.9. The molecule has 3 heteroatoms. The number of aromatic nitrogens is 1. The van der Waals surface area contributed by atoms with E-state index in [9.17, 15) is 0 Å². The molecule has 198 valence electrons. The second-order valence-corrected chi connectivity index (χ2v) is 11.2. The van der Waals surface area contributed by atoms with E-state index in [2.05, 4.69) is 140 Å². The molecule has 0 fully saturated rings. The Balaban J connectivity index is 1.56. The minimum Gasteiger partial charge on any atom is -0.451 e. The number of benzene rings is 5. The Morgan fingerprint density at radius 3 is 1.83 bits per heavy atom. The van der Waals surface area contributed by atoms with Crippen LogP contribution in [0.5, 0.6) is 0 Å². The van der Waals surface area contributed by atoms with Gasteiger partial charge in [0.15, 0.2) is 17.4 Å². The molecule has 0 N–H and O–H groups in total. The number of pyridine rings is 1. The Kier molecular flexibility index (Phi) is 4.74. The van der Waals surface area contributed by atoms with Crippen LogP contribution in [0.15, 0.2) is 130 Å². The van der Waals surface area contributed by atoms with Crippen molar-refractivity contribution in [3.63, 3.8) is 0 Å². The highest BCUT2D eigenvalue weighted by Gasteiger charge is 2.25. The van der Waals surface area contributed by atoms with Gasteiger partial charge in [-0.25, -0.2) is 0 Å². The van der Waals surface area contributed by atoms with Gasteiger partial charge in [-0.15, -0.1) is 0 Å². The zero-order valence-electron chi connectivity index (χ0n) is 23.3. The lowest BCUT2D eigenvalue weighted by Gasteiger charge is -2.08. The summed E-state index contributed by atoms with van der Waals surface area (Å²) >= 11 is 0. The van der Waals surface area contributed by atoms with E-state index in [0.29, 0.717) is 0 Å². The summed E-state index contributed by atoms with van der Waals surface area (Å²) in [6.07, 6.45) is 2.11. The summed E-state index contributed by atoms with van der Waals surface area (Å²) in [6, 6.07) is 40.9. The molecule has 5 aromatic carbocycles. The van der Waals surface area contributed by atoms with Gasteiger partial charge in [0.05, 0.1) is 16.2 Å². The van der Waals surface area contributed by atoms with Crippen LogP contribution in [0.2, 0.25) is 0 Å². The molecule has 9 rings (SSSR count). The average molecular weight is 541 g/mol. The van der Waals surface area contributed by atoms with Crippen molar-refractivity contribution in [1.82, 2.24) is 0 Å². The zero-order valence-corrected chi connectivity index (χ0v) is 23.3. The van der Waals surface area contributed by atoms with Gasteiger partial charge in [-0.1, -0.05) is 103 Å². The topological polar surface area (TPSA) is 30.2 Å².